The maximum atomic E-state index is 11.7. The van der Waals surface area contributed by atoms with E-state index in [0.717, 1.165) is 11.2 Å². The van der Waals surface area contributed by atoms with E-state index in [4.69, 9.17) is 9.15 Å². The number of fused-ring (bicyclic) bond motifs is 2. The normalized spacial score (nSPS) is 14.7. The molecule has 0 radical (unpaired) electrons. The lowest BCUT2D eigenvalue weighted by molar-refractivity contribution is -0.129. The topological polar surface area (TPSA) is 123 Å². The smallest absolute Gasteiger partial charge is 0.231 e. The van der Waals surface area contributed by atoms with Crippen LogP contribution in [0.25, 0.3) is 28.1 Å². The molecule has 12 heteroatoms. The summed E-state index contributed by atoms with van der Waals surface area (Å²) in [4.78, 5) is 24.7. The van der Waals surface area contributed by atoms with Crippen molar-refractivity contribution in [1.29, 1.82) is 0 Å². The Balaban J connectivity index is 1.40. The number of anilines is 1. The number of hydrogen-bond donors (Lipinski definition) is 0. The summed E-state index contributed by atoms with van der Waals surface area (Å²) >= 11 is 0. The molecule has 0 bridgehead atoms. The molecular weight excluding hydrogens is 472 g/mol. The molecule has 0 saturated carbocycles. The van der Waals surface area contributed by atoms with Crippen molar-refractivity contribution in [2.45, 2.75) is 13.3 Å². The van der Waals surface area contributed by atoms with E-state index in [2.05, 4.69) is 20.0 Å². The van der Waals surface area contributed by atoms with E-state index < -0.39 is 9.84 Å². The summed E-state index contributed by atoms with van der Waals surface area (Å²) in [6.45, 7) is 4.54. The Hall–Kier alpha value is -3.67. The average Bonchev–Trinajstić information content (AvgIpc) is 3.45. The van der Waals surface area contributed by atoms with E-state index in [1.165, 1.54) is 6.26 Å². The van der Waals surface area contributed by atoms with Crippen LogP contribution >= 0.6 is 0 Å². The lowest BCUT2D eigenvalue weighted by Crippen LogP contribution is -2.48. The molecule has 0 aromatic carbocycles. The highest BCUT2D eigenvalue weighted by Crippen LogP contribution is 2.33. The second kappa shape index (κ2) is 9.17. The highest BCUT2D eigenvalue weighted by molar-refractivity contribution is 7.90. The summed E-state index contributed by atoms with van der Waals surface area (Å²) in [5.74, 6) is 1.92. The van der Waals surface area contributed by atoms with Gasteiger partial charge in [0.2, 0.25) is 11.8 Å². The third-order valence-electron chi connectivity index (χ3n) is 5.95. The van der Waals surface area contributed by atoms with E-state index in [9.17, 15) is 13.2 Å². The third kappa shape index (κ3) is 4.92. The van der Waals surface area contributed by atoms with Crippen molar-refractivity contribution in [1.82, 2.24) is 24.5 Å². The van der Waals surface area contributed by atoms with Gasteiger partial charge in [0.1, 0.15) is 26.9 Å². The van der Waals surface area contributed by atoms with Crippen LogP contribution in [0.15, 0.2) is 41.1 Å². The van der Waals surface area contributed by atoms with Crippen molar-refractivity contribution < 1.29 is 22.4 Å². The minimum atomic E-state index is -3.03. The van der Waals surface area contributed by atoms with Gasteiger partial charge in [-0.3, -0.25) is 4.79 Å². The number of pyridine rings is 1. The van der Waals surface area contributed by atoms with Crippen molar-refractivity contribution in [3.8, 4) is 17.3 Å². The summed E-state index contributed by atoms with van der Waals surface area (Å²) in [6, 6.07) is 7.24. The van der Waals surface area contributed by atoms with Crippen molar-refractivity contribution in [2.75, 3.05) is 49.7 Å². The number of carbonyl (C=O) groups is 1. The van der Waals surface area contributed by atoms with Crippen LogP contribution in [0, 0.1) is 0 Å². The zero-order valence-electron chi connectivity index (χ0n) is 19.5. The van der Waals surface area contributed by atoms with E-state index in [1.54, 1.807) is 36.0 Å². The third-order valence-corrected chi connectivity index (χ3v) is 6.98. The van der Waals surface area contributed by atoms with Crippen molar-refractivity contribution in [3.05, 3.63) is 36.7 Å². The molecule has 5 rings (SSSR count). The van der Waals surface area contributed by atoms with E-state index in [0.29, 0.717) is 61.2 Å². The molecule has 4 aromatic rings. The molecule has 1 aliphatic heterocycles. The number of imidazole rings is 1. The van der Waals surface area contributed by atoms with Gasteiger partial charge in [0.25, 0.3) is 0 Å². The van der Waals surface area contributed by atoms with Gasteiger partial charge in [-0.15, -0.1) is 5.10 Å². The van der Waals surface area contributed by atoms with Crippen LogP contribution in [0.5, 0.6) is 5.88 Å². The van der Waals surface area contributed by atoms with Crippen LogP contribution in [-0.4, -0.2) is 83.6 Å². The molecule has 0 N–H and O–H groups in total. The monoisotopic (exact) mass is 498 g/mol. The van der Waals surface area contributed by atoms with Crippen LogP contribution in [0.2, 0.25) is 0 Å². The van der Waals surface area contributed by atoms with Gasteiger partial charge in [-0.1, -0.05) is 0 Å². The molecule has 0 atom stereocenters. The molecule has 184 valence electrons. The van der Waals surface area contributed by atoms with Gasteiger partial charge < -0.3 is 19.0 Å². The van der Waals surface area contributed by atoms with Crippen LogP contribution < -0.4 is 9.64 Å². The average molecular weight is 499 g/mol. The Bertz CT molecular complexity index is 1490. The summed E-state index contributed by atoms with van der Waals surface area (Å²) in [6.07, 6.45) is 4.99. The molecule has 5 heterocycles. The number of ether oxygens (including phenoxy) is 1. The minimum absolute atomic E-state index is 0.0602. The lowest BCUT2D eigenvalue weighted by Gasteiger charge is -2.35. The lowest BCUT2D eigenvalue weighted by atomic mass is 10.2. The number of piperazine rings is 1. The van der Waals surface area contributed by atoms with Crippen LogP contribution in [0.4, 0.5) is 5.82 Å². The van der Waals surface area contributed by atoms with Gasteiger partial charge in [0, 0.05) is 51.6 Å². The Morgan fingerprint density at radius 3 is 2.69 bits per heavy atom. The first kappa shape index (κ1) is 23.1. The molecule has 1 aliphatic rings. The number of hydrogen-bond acceptors (Lipinski definition) is 9. The largest absolute Gasteiger partial charge is 0.477 e. The van der Waals surface area contributed by atoms with Gasteiger partial charge in [0.15, 0.2) is 11.4 Å². The first-order chi connectivity index (χ1) is 16.8. The molecule has 1 fully saturated rings. The van der Waals surface area contributed by atoms with Crippen LogP contribution in [0.3, 0.4) is 0 Å². The fraction of sp³-hybridized carbons (Fsp3) is 0.391. The van der Waals surface area contributed by atoms with E-state index in [-0.39, 0.29) is 18.3 Å². The maximum absolute atomic E-state index is 11.7. The van der Waals surface area contributed by atoms with Crippen molar-refractivity contribution in [3.63, 3.8) is 0 Å². The molecule has 0 unspecified atom stereocenters. The molecule has 0 aliphatic carbocycles. The summed E-state index contributed by atoms with van der Waals surface area (Å²) in [5.41, 5.74) is 1.98. The van der Waals surface area contributed by atoms with Crippen molar-refractivity contribution >= 4 is 38.2 Å². The fourth-order valence-corrected chi connectivity index (χ4v) is 4.80. The minimum Gasteiger partial charge on any atom is -0.477 e. The Kier molecular flexibility index (Phi) is 6.05. The predicted octanol–water partition coefficient (Wildman–Crippen LogP) is 2.02. The number of amides is 1. The highest BCUT2D eigenvalue weighted by Gasteiger charge is 2.23. The number of carbonyl (C=O) groups excluding carboxylic acids is 1. The van der Waals surface area contributed by atoms with Crippen molar-refractivity contribution in [2.24, 2.45) is 0 Å². The Labute approximate surface area is 202 Å². The molecule has 4 aromatic heterocycles. The van der Waals surface area contributed by atoms with Gasteiger partial charge in [-0.05, 0) is 24.6 Å². The number of furan rings is 1. The van der Waals surface area contributed by atoms with Crippen LogP contribution in [0.1, 0.15) is 13.3 Å². The summed E-state index contributed by atoms with van der Waals surface area (Å²) in [5, 5.41) is 5.39. The van der Waals surface area contributed by atoms with Gasteiger partial charge in [-0.25, -0.2) is 22.9 Å². The maximum Gasteiger partial charge on any atom is 0.231 e. The quantitative estimate of drug-likeness (QED) is 0.352. The van der Waals surface area contributed by atoms with Gasteiger partial charge in [-0.2, -0.15) is 0 Å². The summed E-state index contributed by atoms with van der Waals surface area (Å²) < 4.78 is 36.1. The second-order valence-corrected chi connectivity index (χ2v) is 10.8. The molecule has 1 amide bonds. The molecular formula is C23H26N6O5S. The zero-order valence-corrected chi connectivity index (χ0v) is 20.4. The number of aromatic nitrogens is 4. The van der Waals surface area contributed by atoms with E-state index >= 15 is 0 Å². The summed E-state index contributed by atoms with van der Waals surface area (Å²) in [7, 11) is -3.03. The van der Waals surface area contributed by atoms with Crippen LogP contribution in [-0.2, 0) is 14.6 Å². The van der Waals surface area contributed by atoms with Gasteiger partial charge >= 0.3 is 0 Å². The molecule has 0 spiro atoms. The zero-order chi connectivity index (χ0) is 24.6. The second-order valence-electron chi connectivity index (χ2n) is 8.57. The number of nitrogens with zero attached hydrogens (tertiary/aromatic N) is 6. The molecule has 35 heavy (non-hydrogen) atoms. The first-order valence-electron chi connectivity index (χ1n) is 11.3. The Morgan fingerprint density at radius 2 is 1.94 bits per heavy atom. The number of rotatable bonds is 7. The first-order valence-corrected chi connectivity index (χ1v) is 13.4. The fourth-order valence-electron chi connectivity index (χ4n) is 4.16. The highest BCUT2D eigenvalue weighted by atomic mass is 32.2. The predicted molar refractivity (Wildman–Crippen MR) is 130 cm³/mol. The van der Waals surface area contributed by atoms with E-state index in [1.807, 2.05) is 17.0 Å². The Morgan fingerprint density at radius 1 is 1.14 bits per heavy atom. The number of sulfone groups is 1. The standard InChI is InChI=1S/C23H26N6O5S/c1-16(30)27-8-10-28(11-9-27)23-17-14-20(34-19(17)6-7-24-23)18-15-25-21-4-5-22(26-29(18)21)33-12-3-13-35(2,31)32/h4-7,14-15H,3,8-13H2,1-2H3. The SMILES string of the molecule is CC(=O)N1CCN(c2nccc3oc(-c4cnc5ccc(OCCCS(C)(=O)=O)nn45)cc23)CC1. The molecule has 11 nitrogen and oxygen atoms in total. The van der Waals surface area contributed by atoms with Gasteiger partial charge in [0.05, 0.1) is 23.9 Å². The molecule has 1 saturated heterocycles.